The van der Waals surface area contributed by atoms with Crippen molar-refractivity contribution in [3.05, 3.63) is 58.2 Å². The van der Waals surface area contributed by atoms with Crippen LogP contribution in [0.3, 0.4) is 0 Å². The minimum absolute atomic E-state index is 0.101. The zero-order valence-corrected chi connectivity index (χ0v) is 15.2. The molecule has 3 aromatic rings. The van der Waals surface area contributed by atoms with Crippen molar-refractivity contribution in [2.24, 2.45) is 0 Å². The van der Waals surface area contributed by atoms with Crippen molar-refractivity contribution in [1.29, 1.82) is 0 Å². The summed E-state index contributed by atoms with van der Waals surface area (Å²) in [7, 11) is 0. The van der Waals surface area contributed by atoms with E-state index in [1.807, 2.05) is 12.1 Å². The van der Waals surface area contributed by atoms with Crippen molar-refractivity contribution in [2.75, 3.05) is 5.32 Å². The predicted molar refractivity (Wildman–Crippen MR) is 98.4 cm³/mol. The molecule has 0 fully saturated rings. The van der Waals surface area contributed by atoms with Crippen LogP contribution in [-0.2, 0) is 20.7 Å². The number of amides is 1. The Hall–Kier alpha value is -2.57. The number of nitrogens with zero attached hydrogens (tertiary/aromatic N) is 1. The van der Waals surface area contributed by atoms with Crippen LogP contribution in [0.2, 0.25) is 10.0 Å². The minimum Gasteiger partial charge on any atom is -0.452 e. The van der Waals surface area contributed by atoms with Crippen LogP contribution in [0.25, 0.3) is 11.0 Å². The molecular weight excluding hydrogens is 379 g/mol. The third-order valence-corrected chi connectivity index (χ3v) is 4.18. The highest BCUT2D eigenvalue weighted by Gasteiger charge is 2.21. The van der Waals surface area contributed by atoms with Crippen molar-refractivity contribution < 1.29 is 18.8 Å². The zero-order valence-electron chi connectivity index (χ0n) is 13.7. The Morgan fingerprint density at radius 2 is 2.00 bits per heavy atom. The van der Waals surface area contributed by atoms with Crippen LogP contribution in [0.15, 0.2) is 47.0 Å². The van der Waals surface area contributed by atoms with E-state index in [4.69, 9.17) is 32.5 Å². The lowest BCUT2D eigenvalue weighted by Gasteiger charge is -2.14. The molecule has 0 radical (unpaired) electrons. The third kappa shape index (κ3) is 4.15. The molecule has 1 aromatic heterocycles. The van der Waals surface area contributed by atoms with Crippen molar-refractivity contribution in [2.45, 2.75) is 19.4 Å². The van der Waals surface area contributed by atoms with Gasteiger partial charge in [-0.3, -0.25) is 9.59 Å². The Balaban J connectivity index is 1.60. The van der Waals surface area contributed by atoms with E-state index in [9.17, 15) is 9.59 Å². The first kappa shape index (κ1) is 18.2. The maximum absolute atomic E-state index is 12.2. The summed E-state index contributed by atoms with van der Waals surface area (Å²) >= 11 is 11.8. The molecule has 2 aromatic carbocycles. The number of para-hydroxylation sites is 1. The van der Waals surface area contributed by atoms with Crippen molar-refractivity contribution in [1.82, 2.24) is 5.16 Å². The van der Waals surface area contributed by atoms with Gasteiger partial charge in [0.2, 0.25) is 0 Å². The number of esters is 1. The predicted octanol–water partition coefficient (Wildman–Crippen LogP) is 4.25. The van der Waals surface area contributed by atoms with E-state index in [0.29, 0.717) is 27.0 Å². The lowest BCUT2D eigenvalue weighted by atomic mass is 10.2. The Morgan fingerprint density at radius 1 is 1.23 bits per heavy atom. The van der Waals surface area contributed by atoms with Crippen LogP contribution >= 0.6 is 23.2 Å². The van der Waals surface area contributed by atoms with Gasteiger partial charge in [-0.15, -0.1) is 0 Å². The van der Waals surface area contributed by atoms with Gasteiger partial charge in [-0.1, -0.05) is 40.5 Å². The summed E-state index contributed by atoms with van der Waals surface area (Å²) < 4.78 is 10.3. The maximum Gasteiger partial charge on any atom is 0.312 e. The van der Waals surface area contributed by atoms with Gasteiger partial charge < -0.3 is 14.6 Å². The molecule has 26 heavy (non-hydrogen) atoms. The lowest BCUT2D eigenvalue weighted by molar-refractivity contribution is -0.152. The van der Waals surface area contributed by atoms with Gasteiger partial charge in [0.25, 0.3) is 5.91 Å². The molecule has 1 amide bonds. The number of ether oxygens (including phenoxy) is 1. The van der Waals surface area contributed by atoms with Gasteiger partial charge in [0.15, 0.2) is 11.7 Å². The van der Waals surface area contributed by atoms with Gasteiger partial charge in [0.05, 0.1) is 17.1 Å². The first-order valence-corrected chi connectivity index (χ1v) is 8.48. The molecular formula is C18H14Cl2N2O4. The highest BCUT2D eigenvalue weighted by Crippen LogP contribution is 2.25. The normalized spacial score (nSPS) is 12.0. The molecule has 1 N–H and O–H groups in total. The standard InChI is InChI=1S/C18H14Cl2N2O4/c1-10(18(24)21-14-7-6-11(19)8-13(14)20)25-17(23)9-15-12-4-2-3-5-16(12)26-22-15/h2-8,10H,9H2,1H3,(H,21,24). The molecule has 0 saturated heterocycles. The number of halogens is 2. The Bertz CT molecular complexity index is 971. The summed E-state index contributed by atoms with van der Waals surface area (Å²) in [5.74, 6) is -1.10. The smallest absolute Gasteiger partial charge is 0.312 e. The van der Waals surface area contributed by atoms with Crippen LogP contribution in [0, 0.1) is 0 Å². The Labute approximate surface area is 159 Å². The van der Waals surface area contributed by atoms with Crippen LogP contribution in [0.5, 0.6) is 0 Å². The van der Waals surface area contributed by atoms with E-state index in [1.54, 1.807) is 24.3 Å². The van der Waals surface area contributed by atoms with Crippen LogP contribution in [0.1, 0.15) is 12.6 Å². The molecule has 1 atom stereocenters. The van der Waals surface area contributed by atoms with Gasteiger partial charge in [0.1, 0.15) is 5.69 Å². The molecule has 0 aliphatic heterocycles. The molecule has 0 aliphatic carbocycles. The van der Waals surface area contributed by atoms with E-state index >= 15 is 0 Å². The number of fused-ring (bicyclic) bond motifs is 1. The average molecular weight is 393 g/mol. The topological polar surface area (TPSA) is 81.4 Å². The summed E-state index contributed by atoms with van der Waals surface area (Å²) in [4.78, 5) is 24.3. The lowest BCUT2D eigenvalue weighted by Crippen LogP contribution is -2.30. The maximum atomic E-state index is 12.2. The molecule has 3 rings (SSSR count). The number of aromatic nitrogens is 1. The first-order chi connectivity index (χ1) is 12.4. The highest BCUT2D eigenvalue weighted by molar-refractivity contribution is 6.36. The van der Waals surface area contributed by atoms with Crippen LogP contribution < -0.4 is 5.32 Å². The van der Waals surface area contributed by atoms with Crippen molar-refractivity contribution >= 4 is 51.7 Å². The van der Waals surface area contributed by atoms with Gasteiger partial charge in [-0.05, 0) is 37.3 Å². The SMILES string of the molecule is CC(OC(=O)Cc1noc2ccccc12)C(=O)Nc1ccc(Cl)cc1Cl. The van der Waals surface area contributed by atoms with E-state index in [1.165, 1.54) is 13.0 Å². The van der Waals surface area contributed by atoms with E-state index in [0.717, 1.165) is 5.39 Å². The monoisotopic (exact) mass is 392 g/mol. The molecule has 0 bridgehead atoms. The second-order valence-corrected chi connectivity index (χ2v) is 6.39. The van der Waals surface area contributed by atoms with E-state index in [-0.39, 0.29) is 6.42 Å². The molecule has 0 spiro atoms. The number of hydrogen-bond acceptors (Lipinski definition) is 5. The fourth-order valence-electron chi connectivity index (χ4n) is 2.32. The number of nitrogens with one attached hydrogen (secondary N) is 1. The van der Waals surface area contributed by atoms with Crippen molar-refractivity contribution in [3.8, 4) is 0 Å². The van der Waals surface area contributed by atoms with E-state index in [2.05, 4.69) is 10.5 Å². The molecule has 0 saturated carbocycles. The van der Waals surface area contributed by atoms with Gasteiger partial charge in [0, 0.05) is 10.4 Å². The molecule has 1 heterocycles. The largest absolute Gasteiger partial charge is 0.452 e. The van der Waals surface area contributed by atoms with Crippen LogP contribution in [0.4, 0.5) is 5.69 Å². The first-order valence-electron chi connectivity index (χ1n) is 7.72. The molecule has 0 aliphatic rings. The highest BCUT2D eigenvalue weighted by atomic mass is 35.5. The van der Waals surface area contributed by atoms with Gasteiger partial charge in [-0.2, -0.15) is 0 Å². The summed E-state index contributed by atoms with van der Waals surface area (Å²) in [5.41, 5.74) is 1.42. The summed E-state index contributed by atoms with van der Waals surface area (Å²) in [6.07, 6.45) is -1.11. The van der Waals surface area contributed by atoms with Gasteiger partial charge >= 0.3 is 5.97 Å². The number of hydrogen-bond donors (Lipinski definition) is 1. The fraction of sp³-hybridized carbons (Fsp3) is 0.167. The number of carbonyl (C=O) groups is 2. The second kappa shape index (κ2) is 7.76. The second-order valence-electron chi connectivity index (χ2n) is 5.55. The Kier molecular flexibility index (Phi) is 5.44. The number of anilines is 1. The summed E-state index contributed by atoms with van der Waals surface area (Å²) in [6, 6.07) is 11.8. The molecule has 1 unspecified atom stereocenters. The number of benzene rings is 2. The van der Waals surface area contributed by atoms with Gasteiger partial charge in [-0.25, -0.2) is 0 Å². The quantitative estimate of drug-likeness (QED) is 0.656. The third-order valence-electron chi connectivity index (χ3n) is 3.63. The molecule has 8 heteroatoms. The molecule has 134 valence electrons. The summed E-state index contributed by atoms with van der Waals surface area (Å²) in [6.45, 7) is 1.47. The van der Waals surface area contributed by atoms with Crippen LogP contribution in [-0.4, -0.2) is 23.1 Å². The minimum atomic E-state index is -1.01. The number of rotatable bonds is 5. The Morgan fingerprint density at radius 3 is 2.77 bits per heavy atom. The average Bonchev–Trinajstić information content (AvgIpc) is 3.00. The molecule has 6 nitrogen and oxygen atoms in total. The zero-order chi connectivity index (χ0) is 18.7. The van der Waals surface area contributed by atoms with Crippen molar-refractivity contribution in [3.63, 3.8) is 0 Å². The number of carbonyl (C=O) groups excluding carboxylic acids is 2. The fourth-order valence-corrected chi connectivity index (χ4v) is 2.78. The summed E-state index contributed by atoms with van der Waals surface area (Å²) in [5, 5.41) is 7.93. The van der Waals surface area contributed by atoms with E-state index < -0.39 is 18.0 Å².